The number of benzene rings is 2. The zero-order valence-electron chi connectivity index (χ0n) is 14.1. The predicted molar refractivity (Wildman–Crippen MR) is 105 cm³/mol. The van der Waals surface area contributed by atoms with Gasteiger partial charge in [-0.15, -0.1) is 0 Å². The van der Waals surface area contributed by atoms with E-state index in [4.69, 9.17) is 4.74 Å². The maximum atomic E-state index is 5.17. The zero-order valence-corrected chi connectivity index (χ0v) is 15.7. The summed E-state index contributed by atoms with van der Waals surface area (Å²) >= 11 is 3.53. The molecule has 0 aliphatic rings. The summed E-state index contributed by atoms with van der Waals surface area (Å²) in [7, 11) is 1.66. The number of ether oxygens (including phenoxy) is 1. The van der Waals surface area contributed by atoms with Gasteiger partial charge in [0.15, 0.2) is 0 Å². The Morgan fingerprint density at radius 3 is 2.60 bits per heavy atom. The van der Waals surface area contributed by atoms with Crippen LogP contribution in [0.3, 0.4) is 0 Å². The third-order valence-electron chi connectivity index (χ3n) is 3.72. The van der Waals surface area contributed by atoms with Gasteiger partial charge in [-0.3, -0.25) is 0 Å². The molecule has 5 nitrogen and oxygen atoms in total. The highest BCUT2D eigenvalue weighted by Crippen LogP contribution is 2.22. The monoisotopic (exact) mass is 398 g/mol. The molecule has 3 rings (SSSR count). The summed E-state index contributed by atoms with van der Waals surface area (Å²) in [4.78, 5) is 8.77. The number of nitrogens with one attached hydrogen (secondary N) is 2. The van der Waals surface area contributed by atoms with E-state index in [1.807, 2.05) is 55.5 Å². The lowest BCUT2D eigenvalue weighted by Crippen LogP contribution is -2.04. The van der Waals surface area contributed by atoms with E-state index in [0.29, 0.717) is 12.5 Å². The van der Waals surface area contributed by atoms with Crippen molar-refractivity contribution in [2.24, 2.45) is 0 Å². The average Bonchev–Trinajstić information content (AvgIpc) is 2.64. The van der Waals surface area contributed by atoms with Gasteiger partial charge in [0.2, 0.25) is 5.95 Å². The average molecular weight is 399 g/mol. The maximum Gasteiger partial charge on any atom is 0.229 e. The number of rotatable bonds is 6. The van der Waals surface area contributed by atoms with Crippen LogP contribution in [-0.2, 0) is 6.54 Å². The summed E-state index contributed by atoms with van der Waals surface area (Å²) in [5, 5.41) is 6.52. The molecular formula is C19H19BrN4O. The van der Waals surface area contributed by atoms with Gasteiger partial charge in [0.25, 0.3) is 0 Å². The van der Waals surface area contributed by atoms with Crippen LogP contribution in [0.2, 0.25) is 0 Å². The molecule has 0 spiro atoms. The quantitative estimate of drug-likeness (QED) is 0.617. The van der Waals surface area contributed by atoms with Crippen molar-refractivity contribution in [3.05, 3.63) is 70.3 Å². The highest BCUT2D eigenvalue weighted by Gasteiger charge is 2.03. The van der Waals surface area contributed by atoms with Crippen LogP contribution in [0.1, 0.15) is 11.1 Å². The van der Waals surface area contributed by atoms with E-state index in [1.54, 1.807) is 13.3 Å². The van der Waals surface area contributed by atoms with Crippen LogP contribution in [0.15, 0.2) is 59.2 Å². The lowest BCUT2D eigenvalue weighted by Gasteiger charge is -2.10. The highest BCUT2D eigenvalue weighted by atomic mass is 79.9. The Hall–Kier alpha value is -2.60. The molecule has 0 saturated heterocycles. The Morgan fingerprint density at radius 2 is 1.88 bits per heavy atom. The molecule has 128 valence electrons. The van der Waals surface area contributed by atoms with Crippen molar-refractivity contribution in [1.82, 2.24) is 9.97 Å². The van der Waals surface area contributed by atoms with E-state index < -0.39 is 0 Å². The molecule has 0 radical (unpaired) electrons. The molecule has 2 N–H and O–H groups in total. The van der Waals surface area contributed by atoms with Gasteiger partial charge in [-0.05, 0) is 48.4 Å². The number of hydrogen-bond donors (Lipinski definition) is 2. The predicted octanol–water partition coefficient (Wildman–Crippen LogP) is 4.91. The van der Waals surface area contributed by atoms with Crippen molar-refractivity contribution in [2.45, 2.75) is 13.5 Å². The first-order valence-corrected chi connectivity index (χ1v) is 8.66. The van der Waals surface area contributed by atoms with Crippen LogP contribution in [0.5, 0.6) is 5.75 Å². The fraction of sp³-hybridized carbons (Fsp3) is 0.158. The van der Waals surface area contributed by atoms with Gasteiger partial charge < -0.3 is 15.4 Å². The normalized spacial score (nSPS) is 10.4. The van der Waals surface area contributed by atoms with Gasteiger partial charge in [-0.2, -0.15) is 4.98 Å². The Kier molecular flexibility index (Phi) is 5.50. The molecule has 0 aliphatic heterocycles. The van der Waals surface area contributed by atoms with Gasteiger partial charge in [-0.1, -0.05) is 34.1 Å². The summed E-state index contributed by atoms with van der Waals surface area (Å²) < 4.78 is 6.21. The Bertz CT molecular complexity index is 852. The van der Waals surface area contributed by atoms with Crippen LogP contribution in [-0.4, -0.2) is 17.1 Å². The fourth-order valence-electron chi connectivity index (χ4n) is 2.25. The molecule has 2 aromatic carbocycles. The first kappa shape index (κ1) is 17.2. The van der Waals surface area contributed by atoms with Gasteiger partial charge >= 0.3 is 0 Å². The van der Waals surface area contributed by atoms with Gasteiger partial charge in [0.1, 0.15) is 11.6 Å². The molecule has 0 atom stereocenters. The Labute approximate surface area is 155 Å². The van der Waals surface area contributed by atoms with Crippen LogP contribution >= 0.6 is 15.9 Å². The van der Waals surface area contributed by atoms with E-state index in [-0.39, 0.29) is 0 Å². The molecular weight excluding hydrogens is 380 g/mol. The summed E-state index contributed by atoms with van der Waals surface area (Å²) in [6.45, 7) is 2.73. The molecule has 25 heavy (non-hydrogen) atoms. The van der Waals surface area contributed by atoms with E-state index >= 15 is 0 Å². The molecule has 3 aromatic rings. The van der Waals surface area contributed by atoms with Gasteiger partial charge in [-0.25, -0.2) is 4.98 Å². The minimum Gasteiger partial charge on any atom is -0.497 e. The zero-order chi connectivity index (χ0) is 17.6. The molecule has 0 amide bonds. The van der Waals surface area contributed by atoms with Crippen LogP contribution in [0.25, 0.3) is 0 Å². The smallest absolute Gasteiger partial charge is 0.229 e. The topological polar surface area (TPSA) is 59.1 Å². The fourth-order valence-corrected chi connectivity index (χ4v) is 2.63. The first-order valence-electron chi connectivity index (χ1n) is 7.87. The maximum absolute atomic E-state index is 5.17. The SMILES string of the molecule is COc1ccc(CNc2ccnc(Nc3ccc(C)c(Br)c3)n2)cc1. The molecule has 1 heterocycles. The second-order valence-corrected chi connectivity index (χ2v) is 6.41. The number of aromatic nitrogens is 2. The molecule has 0 saturated carbocycles. The van der Waals surface area contributed by atoms with Crippen LogP contribution < -0.4 is 15.4 Å². The first-order chi connectivity index (χ1) is 12.1. The lowest BCUT2D eigenvalue weighted by molar-refractivity contribution is 0.414. The molecule has 0 unspecified atom stereocenters. The molecule has 1 aromatic heterocycles. The largest absolute Gasteiger partial charge is 0.497 e. The van der Waals surface area contributed by atoms with E-state index in [9.17, 15) is 0 Å². The van der Waals surface area contributed by atoms with Crippen molar-refractivity contribution in [2.75, 3.05) is 17.7 Å². The summed E-state index contributed by atoms with van der Waals surface area (Å²) in [5.74, 6) is 2.16. The van der Waals surface area contributed by atoms with E-state index in [2.05, 4.69) is 36.5 Å². The minimum atomic E-state index is 0.551. The summed E-state index contributed by atoms with van der Waals surface area (Å²) in [6.07, 6.45) is 1.73. The van der Waals surface area contributed by atoms with Crippen molar-refractivity contribution in [3.8, 4) is 5.75 Å². The van der Waals surface area contributed by atoms with Gasteiger partial charge in [0.05, 0.1) is 7.11 Å². The van der Waals surface area contributed by atoms with Crippen LogP contribution in [0.4, 0.5) is 17.5 Å². The number of anilines is 3. The Balaban J connectivity index is 1.65. The molecule has 0 aliphatic carbocycles. The number of nitrogens with zero attached hydrogens (tertiary/aromatic N) is 2. The van der Waals surface area contributed by atoms with Gasteiger partial charge in [0, 0.05) is 22.9 Å². The van der Waals surface area contributed by atoms with Crippen molar-refractivity contribution < 1.29 is 4.74 Å². The summed E-state index contributed by atoms with van der Waals surface area (Å²) in [6, 6.07) is 15.8. The second-order valence-electron chi connectivity index (χ2n) is 5.56. The number of hydrogen-bond acceptors (Lipinski definition) is 5. The van der Waals surface area contributed by atoms with Crippen molar-refractivity contribution >= 4 is 33.4 Å². The number of aryl methyl sites for hydroxylation is 1. The standard InChI is InChI=1S/C19H19BrN4O/c1-13-3-6-15(11-17(13)20)23-19-21-10-9-18(24-19)22-12-14-4-7-16(25-2)8-5-14/h3-11H,12H2,1-2H3,(H2,21,22,23,24). The van der Waals surface area contributed by atoms with E-state index in [1.165, 1.54) is 5.56 Å². The van der Waals surface area contributed by atoms with E-state index in [0.717, 1.165) is 27.3 Å². The minimum absolute atomic E-state index is 0.551. The summed E-state index contributed by atoms with van der Waals surface area (Å²) in [5.41, 5.74) is 3.27. The third-order valence-corrected chi connectivity index (χ3v) is 4.57. The second kappa shape index (κ2) is 7.98. The van der Waals surface area contributed by atoms with Crippen LogP contribution in [0, 0.1) is 6.92 Å². The third kappa shape index (κ3) is 4.70. The molecule has 0 bridgehead atoms. The molecule has 6 heteroatoms. The number of methoxy groups -OCH3 is 1. The lowest BCUT2D eigenvalue weighted by atomic mass is 10.2. The van der Waals surface area contributed by atoms with Crippen molar-refractivity contribution in [3.63, 3.8) is 0 Å². The molecule has 0 fully saturated rings. The Morgan fingerprint density at radius 1 is 1.08 bits per heavy atom. The van der Waals surface area contributed by atoms with Crippen molar-refractivity contribution in [1.29, 1.82) is 0 Å². The highest BCUT2D eigenvalue weighted by molar-refractivity contribution is 9.10. The number of halogens is 1.